The summed E-state index contributed by atoms with van der Waals surface area (Å²) in [6.45, 7) is 0. The summed E-state index contributed by atoms with van der Waals surface area (Å²) in [7, 11) is 0. The minimum absolute atomic E-state index is 0.374. The van der Waals surface area contributed by atoms with Crippen LogP contribution in [0.1, 0.15) is 16.7 Å². The van der Waals surface area contributed by atoms with E-state index in [9.17, 15) is 0 Å². The second-order valence-corrected chi connectivity index (χ2v) is 5.38. The van der Waals surface area contributed by atoms with Crippen molar-refractivity contribution in [1.29, 1.82) is 0 Å². The van der Waals surface area contributed by atoms with E-state index >= 15 is 0 Å². The Balaban J connectivity index is 2.36. The summed E-state index contributed by atoms with van der Waals surface area (Å²) in [5.74, 6) is 0.669. The molecule has 1 atom stereocenters. The third-order valence-electron chi connectivity index (χ3n) is 1.75. The van der Waals surface area contributed by atoms with Gasteiger partial charge in [0.25, 0.3) is 0 Å². The van der Waals surface area contributed by atoms with Gasteiger partial charge in [-0.15, -0.1) is 22.9 Å². The smallest absolute Gasteiger partial charge is 0.126 e. The molecule has 2 heterocycles. The normalized spacial score (nSPS) is 13.1. The average Bonchev–Trinajstić information content (AvgIpc) is 2.73. The van der Waals surface area contributed by atoms with Crippen molar-refractivity contribution in [2.45, 2.75) is 5.38 Å². The van der Waals surface area contributed by atoms with Crippen LogP contribution in [0.4, 0.5) is 0 Å². The first-order chi connectivity index (χ1) is 6.68. The van der Waals surface area contributed by atoms with Gasteiger partial charge in [0, 0.05) is 5.56 Å². The lowest BCUT2D eigenvalue weighted by molar-refractivity contribution is 0.516. The summed E-state index contributed by atoms with van der Waals surface area (Å²) in [5.41, 5.74) is 0.790. The van der Waals surface area contributed by atoms with Crippen LogP contribution in [-0.2, 0) is 0 Å². The molecule has 0 saturated carbocycles. The molecule has 0 amide bonds. The Morgan fingerprint density at radius 1 is 1.36 bits per heavy atom. The predicted octanol–water partition coefficient (Wildman–Crippen LogP) is 4.98. The van der Waals surface area contributed by atoms with Crippen LogP contribution in [0.3, 0.4) is 0 Å². The summed E-state index contributed by atoms with van der Waals surface area (Å²) < 4.78 is 6.42. The van der Waals surface area contributed by atoms with Crippen LogP contribution in [0.5, 0.6) is 0 Å². The lowest BCUT2D eigenvalue weighted by Crippen LogP contribution is -1.88. The first kappa shape index (κ1) is 10.4. The molecule has 0 radical (unpaired) electrons. The molecule has 0 aliphatic heterocycles. The highest BCUT2D eigenvalue weighted by Gasteiger charge is 2.19. The first-order valence-electron chi connectivity index (χ1n) is 3.80. The Morgan fingerprint density at radius 2 is 2.14 bits per heavy atom. The summed E-state index contributed by atoms with van der Waals surface area (Å²) in [4.78, 5) is 0. The molecule has 2 aromatic rings. The summed E-state index contributed by atoms with van der Waals surface area (Å²) in [5, 5.41) is -0.374. The van der Waals surface area contributed by atoms with E-state index in [1.165, 1.54) is 11.3 Å². The van der Waals surface area contributed by atoms with E-state index in [1.54, 1.807) is 24.5 Å². The van der Waals surface area contributed by atoms with Crippen LogP contribution in [0.25, 0.3) is 0 Å². The lowest BCUT2D eigenvalue weighted by atomic mass is 10.2. The molecular formula is C9H5Cl3OS. The van der Waals surface area contributed by atoms with Gasteiger partial charge in [0.05, 0.1) is 14.9 Å². The van der Waals surface area contributed by atoms with Gasteiger partial charge in [-0.3, -0.25) is 0 Å². The van der Waals surface area contributed by atoms with Crippen molar-refractivity contribution in [3.63, 3.8) is 0 Å². The van der Waals surface area contributed by atoms with Gasteiger partial charge in [-0.1, -0.05) is 23.2 Å². The monoisotopic (exact) mass is 266 g/mol. The highest BCUT2D eigenvalue weighted by Crippen LogP contribution is 2.40. The quantitative estimate of drug-likeness (QED) is 0.700. The third-order valence-corrected chi connectivity index (χ3v) is 3.72. The number of hydrogen-bond donors (Lipinski definition) is 0. The number of hydrogen-bond acceptors (Lipinski definition) is 2. The largest absolute Gasteiger partial charge is 0.467 e. The van der Waals surface area contributed by atoms with Crippen LogP contribution in [0.2, 0.25) is 8.67 Å². The maximum absolute atomic E-state index is 6.16. The Morgan fingerprint density at radius 3 is 2.64 bits per heavy atom. The Labute approximate surface area is 100 Å². The van der Waals surface area contributed by atoms with Crippen molar-refractivity contribution in [2.75, 3.05) is 0 Å². The van der Waals surface area contributed by atoms with Gasteiger partial charge in [0.1, 0.15) is 11.1 Å². The highest BCUT2D eigenvalue weighted by atomic mass is 35.5. The Hall–Kier alpha value is -0.150. The third kappa shape index (κ3) is 1.94. The summed E-state index contributed by atoms with van der Waals surface area (Å²) in [6, 6.07) is 5.35. The minimum atomic E-state index is -0.374. The van der Waals surface area contributed by atoms with Crippen LogP contribution in [0.15, 0.2) is 28.9 Å². The van der Waals surface area contributed by atoms with Crippen molar-refractivity contribution in [3.8, 4) is 0 Å². The maximum Gasteiger partial charge on any atom is 0.126 e. The van der Waals surface area contributed by atoms with Gasteiger partial charge >= 0.3 is 0 Å². The Bertz CT molecular complexity index is 421. The number of furan rings is 1. The molecule has 0 saturated heterocycles. The lowest BCUT2D eigenvalue weighted by Gasteiger charge is -2.03. The van der Waals surface area contributed by atoms with E-state index in [0.717, 1.165) is 5.56 Å². The van der Waals surface area contributed by atoms with Gasteiger partial charge in [-0.25, -0.2) is 0 Å². The van der Waals surface area contributed by atoms with Gasteiger partial charge in [0.15, 0.2) is 0 Å². The van der Waals surface area contributed by atoms with Crippen molar-refractivity contribution >= 4 is 46.1 Å². The van der Waals surface area contributed by atoms with E-state index in [4.69, 9.17) is 39.2 Å². The van der Waals surface area contributed by atoms with E-state index in [-0.39, 0.29) is 5.38 Å². The van der Waals surface area contributed by atoms with Gasteiger partial charge in [-0.05, 0) is 18.2 Å². The molecule has 1 unspecified atom stereocenters. The minimum Gasteiger partial charge on any atom is -0.467 e. The molecule has 0 aromatic carbocycles. The Kier molecular flexibility index (Phi) is 3.07. The summed E-state index contributed by atoms with van der Waals surface area (Å²) >= 11 is 19.2. The van der Waals surface area contributed by atoms with E-state index in [2.05, 4.69) is 0 Å². The van der Waals surface area contributed by atoms with E-state index < -0.39 is 0 Å². The fourth-order valence-electron chi connectivity index (χ4n) is 1.11. The zero-order valence-electron chi connectivity index (χ0n) is 6.84. The zero-order chi connectivity index (χ0) is 10.1. The molecule has 0 fully saturated rings. The molecule has 5 heteroatoms. The van der Waals surface area contributed by atoms with E-state index in [1.807, 2.05) is 0 Å². The van der Waals surface area contributed by atoms with Crippen molar-refractivity contribution in [2.24, 2.45) is 0 Å². The zero-order valence-corrected chi connectivity index (χ0v) is 9.92. The molecule has 1 nitrogen and oxygen atoms in total. The SMILES string of the molecule is Clc1cc(C(Cl)c2ccco2)c(Cl)s1. The molecular weight excluding hydrogens is 263 g/mol. The standard InChI is InChI=1S/C9H5Cl3OS/c10-7-4-5(9(12)14-7)8(11)6-2-1-3-13-6/h1-4,8H. The molecule has 0 spiro atoms. The average molecular weight is 268 g/mol. The van der Waals surface area contributed by atoms with Crippen LogP contribution in [0, 0.1) is 0 Å². The van der Waals surface area contributed by atoms with E-state index in [0.29, 0.717) is 14.4 Å². The molecule has 0 aliphatic carbocycles. The number of halogens is 3. The second-order valence-electron chi connectivity index (χ2n) is 2.66. The predicted molar refractivity (Wildman–Crippen MR) is 60.7 cm³/mol. The van der Waals surface area contributed by atoms with Gasteiger partial charge in [0.2, 0.25) is 0 Å². The fourth-order valence-corrected chi connectivity index (χ4v) is 3.06. The fraction of sp³-hybridized carbons (Fsp3) is 0.111. The van der Waals surface area contributed by atoms with Crippen LogP contribution in [-0.4, -0.2) is 0 Å². The topological polar surface area (TPSA) is 13.1 Å². The highest BCUT2D eigenvalue weighted by molar-refractivity contribution is 7.20. The van der Waals surface area contributed by atoms with Crippen molar-refractivity contribution < 1.29 is 4.42 Å². The molecule has 14 heavy (non-hydrogen) atoms. The number of rotatable bonds is 2. The molecule has 2 aromatic heterocycles. The van der Waals surface area contributed by atoms with Crippen molar-refractivity contribution in [3.05, 3.63) is 44.5 Å². The summed E-state index contributed by atoms with van der Waals surface area (Å²) in [6.07, 6.45) is 1.58. The number of alkyl halides is 1. The maximum atomic E-state index is 6.16. The number of thiophene rings is 1. The van der Waals surface area contributed by atoms with Gasteiger partial charge < -0.3 is 4.42 Å². The first-order valence-corrected chi connectivity index (χ1v) is 5.81. The molecule has 74 valence electrons. The van der Waals surface area contributed by atoms with Crippen LogP contribution >= 0.6 is 46.1 Å². The second kappa shape index (κ2) is 4.15. The molecule has 0 bridgehead atoms. The van der Waals surface area contributed by atoms with Crippen molar-refractivity contribution in [1.82, 2.24) is 0 Å². The van der Waals surface area contributed by atoms with Crippen LogP contribution < -0.4 is 0 Å². The van der Waals surface area contributed by atoms with Gasteiger partial charge in [-0.2, -0.15) is 0 Å². The molecule has 0 N–H and O–H groups in total. The molecule has 2 rings (SSSR count). The molecule has 0 aliphatic rings.